The Kier molecular flexibility index (Phi) is 4.75. The van der Waals surface area contributed by atoms with Crippen LogP contribution in [0.4, 0.5) is 0 Å². The van der Waals surface area contributed by atoms with Gasteiger partial charge in [0.05, 0.1) is 13.2 Å². The maximum absolute atomic E-state index is 9.31. The van der Waals surface area contributed by atoms with E-state index in [2.05, 4.69) is 42.6 Å². The maximum Gasteiger partial charge on any atom is 0.121 e. The fourth-order valence-electron chi connectivity index (χ4n) is 1.98. The normalized spacial score (nSPS) is 11.7. The number of rotatable bonds is 5. The maximum atomic E-state index is 9.31. The molecule has 0 aliphatic heterocycles. The summed E-state index contributed by atoms with van der Waals surface area (Å²) >= 11 is 0. The van der Waals surface area contributed by atoms with Crippen molar-refractivity contribution in [1.82, 2.24) is 5.32 Å². The van der Waals surface area contributed by atoms with Crippen molar-refractivity contribution in [3.63, 3.8) is 0 Å². The van der Waals surface area contributed by atoms with Crippen molar-refractivity contribution < 1.29 is 4.74 Å². The van der Waals surface area contributed by atoms with E-state index >= 15 is 0 Å². The molecule has 0 saturated carbocycles. The molecular weight excluding hydrogens is 248 g/mol. The minimum atomic E-state index is -0.341. The summed E-state index contributed by atoms with van der Waals surface area (Å²) < 4.78 is 5.19. The van der Waals surface area contributed by atoms with Gasteiger partial charge in [-0.05, 0) is 30.2 Å². The van der Waals surface area contributed by atoms with Crippen LogP contribution in [-0.2, 0) is 6.54 Å². The van der Waals surface area contributed by atoms with Crippen LogP contribution in [-0.4, -0.2) is 7.11 Å². The zero-order valence-electron chi connectivity index (χ0n) is 11.8. The van der Waals surface area contributed by atoms with E-state index in [-0.39, 0.29) is 6.04 Å². The lowest BCUT2D eigenvalue weighted by atomic mass is 10.1. The molecule has 1 unspecified atom stereocenters. The van der Waals surface area contributed by atoms with Gasteiger partial charge in [-0.25, -0.2) is 0 Å². The predicted octanol–water partition coefficient (Wildman–Crippen LogP) is 3.36. The van der Waals surface area contributed by atoms with Gasteiger partial charge in [0.15, 0.2) is 0 Å². The average molecular weight is 266 g/mol. The highest BCUT2D eigenvalue weighted by molar-refractivity contribution is 5.33. The standard InChI is InChI=1S/C17H18N2O/c1-13-6-8-14(9-7-13)12-19-17(11-18)15-4-3-5-16(10-15)20-2/h3-10,17,19H,12H2,1-2H3. The van der Waals surface area contributed by atoms with Crippen LogP contribution in [0.3, 0.4) is 0 Å². The lowest BCUT2D eigenvalue weighted by Crippen LogP contribution is -2.19. The molecule has 2 aromatic rings. The zero-order valence-corrected chi connectivity index (χ0v) is 11.8. The largest absolute Gasteiger partial charge is 0.497 e. The first-order valence-corrected chi connectivity index (χ1v) is 6.55. The second-order valence-electron chi connectivity index (χ2n) is 4.71. The van der Waals surface area contributed by atoms with Crippen molar-refractivity contribution in [2.24, 2.45) is 0 Å². The number of nitrogens with one attached hydrogen (secondary N) is 1. The SMILES string of the molecule is COc1cccc(C(C#N)NCc2ccc(C)cc2)c1. The molecule has 0 amide bonds. The number of aryl methyl sites for hydroxylation is 1. The number of nitriles is 1. The third-order valence-corrected chi connectivity index (χ3v) is 3.19. The summed E-state index contributed by atoms with van der Waals surface area (Å²) in [6.07, 6.45) is 0. The first-order chi connectivity index (χ1) is 9.72. The van der Waals surface area contributed by atoms with E-state index < -0.39 is 0 Å². The number of methoxy groups -OCH3 is 1. The zero-order chi connectivity index (χ0) is 14.4. The summed E-state index contributed by atoms with van der Waals surface area (Å²) in [4.78, 5) is 0. The first kappa shape index (κ1) is 14.1. The summed E-state index contributed by atoms with van der Waals surface area (Å²) in [7, 11) is 1.63. The van der Waals surface area contributed by atoms with Gasteiger partial charge in [-0.15, -0.1) is 0 Å². The Morgan fingerprint density at radius 1 is 1.20 bits per heavy atom. The molecule has 0 bridgehead atoms. The molecule has 1 N–H and O–H groups in total. The number of hydrogen-bond donors (Lipinski definition) is 1. The highest BCUT2D eigenvalue weighted by Crippen LogP contribution is 2.19. The van der Waals surface area contributed by atoms with Gasteiger partial charge < -0.3 is 4.74 Å². The Balaban J connectivity index is 2.05. The van der Waals surface area contributed by atoms with E-state index in [0.717, 1.165) is 11.3 Å². The highest BCUT2D eigenvalue weighted by Gasteiger charge is 2.10. The Morgan fingerprint density at radius 3 is 2.60 bits per heavy atom. The Labute approximate surface area is 119 Å². The fourth-order valence-corrected chi connectivity index (χ4v) is 1.98. The van der Waals surface area contributed by atoms with Crippen LogP contribution in [0.5, 0.6) is 5.75 Å². The third-order valence-electron chi connectivity index (χ3n) is 3.19. The molecule has 20 heavy (non-hydrogen) atoms. The molecule has 0 aliphatic rings. The van der Waals surface area contributed by atoms with E-state index in [1.54, 1.807) is 7.11 Å². The van der Waals surface area contributed by atoms with Crippen molar-refractivity contribution in [3.8, 4) is 11.8 Å². The molecule has 3 heteroatoms. The summed E-state index contributed by atoms with van der Waals surface area (Å²) in [6.45, 7) is 2.72. The van der Waals surface area contributed by atoms with Gasteiger partial charge in [0.2, 0.25) is 0 Å². The molecule has 0 saturated heterocycles. The van der Waals surface area contributed by atoms with E-state index in [0.29, 0.717) is 6.54 Å². The third kappa shape index (κ3) is 3.59. The Morgan fingerprint density at radius 2 is 1.95 bits per heavy atom. The molecule has 0 radical (unpaired) electrons. The van der Waals surface area contributed by atoms with Gasteiger partial charge in [-0.2, -0.15) is 5.26 Å². The molecule has 2 rings (SSSR count). The van der Waals surface area contributed by atoms with Gasteiger partial charge in [0, 0.05) is 6.54 Å². The minimum Gasteiger partial charge on any atom is -0.497 e. The quantitative estimate of drug-likeness (QED) is 0.902. The molecular formula is C17H18N2O. The lowest BCUT2D eigenvalue weighted by Gasteiger charge is -2.13. The summed E-state index contributed by atoms with van der Waals surface area (Å²) in [5, 5.41) is 12.6. The lowest BCUT2D eigenvalue weighted by molar-refractivity contribution is 0.413. The van der Waals surface area contributed by atoms with Crippen LogP contribution in [0.1, 0.15) is 22.7 Å². The molecule has 0 fully saturated rings. The molecule has 102 valence electrons. The van der Waals surface area contributed by atoms with Crippen molar-refractivity contribution in [2.45, 2.75) is 19.5 Å². The summed E-state index contributed by atoms with van der Waals surface area (Å²) in [6, 6.07) is 17.8. The highest BCUT2D eigenvalue weighted by atomic mass is 16.5. The monoisotopic (exact) mass is 266 g/mol. The molecule has 3 nitrogen and oxygen atoms in total. The van der Waals surface area contributed by atoms with Gasteiger partial charge in [0.1, 0.15) is 11.8 Å². The molecule has 2 aromatic carbocycles. The van der Waals surface area contributed by atoms with Crippen LogP contribution in [0.2, 0.25) is 0 Å². The summed E-state index contributed by atoms with van der Waals surface area (Å²) in [5.74, 6) is 0.764. The van der Waals surface area contributed by atoms with Gasteiger partial charge >= 0.3 is 0 Å². The van der Waals surface area contributed by atoms with Crippen LogP contribution in [0, 0.1) is 18.3 Å². The minimum absolute atomic E-state index is 0.341. The summed E-state index contributed by atoms with van der Waals surface area (Å²) in [5.41, 5.74) is 3.32. The smallest absolute Gasteiger partial charge is 0.121 e. The number of nitrogens with zero attached hydrogens (tertiary/aromatic N) is 1. The molecule has 1 atom stereocenters. The number of ether oxygens (including phenoxy) is 1. The number of hydrogen-bond acceptors (Lipinski definition) is 3. The number of benzene rings is 2. The van der Waals surface area contributed by atoms with E-state index in [4.69, 9.17) is 4.74 Å². The van der Waals surface area contributed by atoms with Crippen molar-refractivity contribution in [2.75, 3.05) is 7.11 Å². The van der Waals surface area contributed by atoms with Crippen LogP contribution in [0.25, 0.3) is 0 Å². The molecule has 0 heterocycles. The topological polar surface area (TPSA) is 45.0 Å². The Hall–Kier alpha value is -2.31. The average Bonchev–Trinajstić information content (AvgIpc) is 2.50. The second kappa shape index (κ2) is 6.74. The van der Waals surface area contributed by atoms with E-state index in [1.165, 1.54) is 11.1 Å². The van der Waals surface area contributed by atoms with Crippen molar-refractivity contribution in [3.05, 3.63) is 65.2 Å². The molecule has 0 aromatic heterocycles. The van der Waals surface area contributed by atoms with Crippen molar-refractivity contribution >= 4 is 0 Å². The van der Waals surface area contributed by atoms with Crippen LogP contribution >= 0.6 is 0 Å². The van der Waals surface area contributed by atoms with Crippen LogP contribution in [0.15, 0.2) is 48.5 Å². The van der Waals surface area contributed by atoms with Gasteiger partial charge in [-0.3, -0.25) is 5.32 Å². The Bertz CT molecular complexity index is 599. The van der Waals surface area contributed by atoms with Gasteiger partial charge in [-0.1, -0.05) is 42.0 Å². The van der Waals surface area contributed by atoms with E-state index in [9.17, 15) is 5.26 Å². The molecule has 0 spiro atoms. The van der Waals surface area contributed by atoms with E-state index in [1.807, 2.05) is 24.3 Å². The second-order valence-corrected chi connectivity index (χ2v) is 4.71. The van der Waals surface area contributed by atoms with Crippen LogP contribution < -0.4 is 10.1 Å². The fraction of sp³-hybridized carbons (Fsp3) is 0.235. The molecule has 0 aliphatic carbocycles. The van der Waals surface area contributed by atoms with Crippen molar-refractivity contribution in [1.29, 1.82) is 5.26 Å². The van der Waals surface area contributed by atoms with Gasteiger partial charge in [0.25, 0.3) is 0 Å². The predicted molar refractivity (Wildman–Crippen MR) is 79.4 cm³/mol. The first-order valence-electron chi connectivity index (χ1n) is 6.55.